The molecular formula is C27H34Cl2N6O2. The number of anilines is 1. The summed E-state index contributed by atoms with van der Waals surface area (Å²) in [7, 11) is 0. The normalized spacial score (nSPS) is 23.6. The molecule has 8 nitrogen and oxygen atoms in total. The van der Waals surface area contributed by atoms with Crippen LogP contribution in [0.3, 0.4) is 0 Å². The summed E-state index contributed by atoms with van der Waals surface area (Å²) >= 11 is 12.6. The lowest BCUT2D eigenvalue weighted by Crippen LogP contribution is -2.50. The van der Waals surface area contributed by atoms with Gasteiger partial charge in [-0.3, -0.25) is 9.69 Å². The number of aromatic nitrogens is 4. The number of hydrogen-bond donors (Lipinski definition) is 1. The van der Waals surface area contributed by atoms with Crippen molar-refractivity contribution in [3.05, 3.63) is 45.7 Å². The van der Waals surface area contributed by atoms with Crippen molar-refractivity contribution < 1.29 is 9.90 Å². The Morgan fingerprint density at radius 3 is 2.78 bits per heavy atom. The SMILES string of the molecule is Cc1nn(C(C)c2ccc(Cl)cc2Cl)c2nc(N3CCC(N4CCCC4CCC(=O)O)C[C@@H]3C)cnc12. The molecule has 0 radical (unpaired) electrons. The molecule has 2 aromatic heterocycles. The summed E-state index contributed by atoms with van der Waals surface area (Å²) in [5.41, 5.74) is 3.30. The van der Waals surface area contributed by atoms with Crippen molar-refractivity contribution in [1.29, 1.82) is 0 Å². The molecule has 2 fully saturated rings. The predicted octanol–water partition coefficient (Wildman–Crippen LogP) is 5.74. The van der Waals surface area contributed by atoms with Crippen LogP contribution in [0, 0.1) is 6.92 Å². The Bertz CT molecular complexity index is 1300. The van der Waals surface area contributed by atoms with E-state index in [4.69, 9.17) is 43.4 Å². The number of carboxylic acids is 1. The minimum absolute atomic E-state index is 0.133. The van der Waals surface area contributed by atoms with Crippen molar-refractivity contribution in [3.63, 3.8) is 0 Å². The highest BCUT2D eigenvalue weighted by Crippen LogP contribution is 2.34. The van der Waals surface area contributed by atoms with Crippen LogP contribution in [0.2, 0.25) is 10.0 Å². The van der Waals surface area contributed by atoms with Gasteiger partial charge in [0, 0.05) is 41.1 Å². The minimum Gasteiger partial charge on any atom is -0.481 e. The van der Waals surface area contributed by atoms with Gasteiger partial charge in [0.05, 0.1) is 17.9 Å². The van der Waals surface area contributed by atoms with Crippen LogP contribution in [-0.2, 0) is 4.79 Å². The van der Waals surface area contributed by atoms with E-state index in [1.165, 1.54) is 0 Å². The molecule has 0 bridgehead atoms. The topological polar surface area (TPSA) is 87.4 Å². The Balaban J connectivity index is 1.36. The molecule has 1 aromatic carbocycles. The largest absolute Gasteiger partial charge is 0.481 e. The van der Waals surface area contributed by atoms with Crippen molar-refractivity contribution in [2.75, 3.05) is 18.0 Å². The summed E-state index contributed by atoms with van der Waals surface area (Å²) < 4.78 is 1.91. The van der Waals surface area contributed by atoms with Crippen LogP contribution in [0.5, 0.6) is 0 Å². The lowest BCUT2D eigenvalue weighted by Gasteiger charge is -2.43. The third kappa shape index (κ3) is 5.29. The molecule has 10 heteroatoms. The van der Waals surface area contributed by atoms with Gasteiger partial charge in [0.15, 0.2) is 5.65 Å². The maximum absolute atomic E-state index is 11.1. The monoisotopic (exact) mass is 544 g/mol. The summed E-state index contributed by atoms with van der Waals surface area (Å²) in [6.45, 7) is 8.21. The van der Waals surface area contributed by atoms with Gasteiger partial charge in [0.2, 0.25) is 0 Å². The fourth-order valence-corrected chi connectivity index (χ4v) is 6.72. The highest BCUT2D eigenvalue weighted by atomic mass is 35.5. The Kier molecular flexibility index (Phi) is 7.61. The number of benzene rings is 1. The van der Waals surface area contributed by atoms with Crippen LogP contribution in [0.4, 0.5) is 5.82 Å². The molecule has 0 saturated carbocycles. The zero-order chi connectivity index (χ0) is 26.3. The molecule has 37 heavy (non-hydrogen) atoms. The van der Waals surface area contributed by atoms with E-state index in [2.05, 4.69) is 23.6 Å². The molecule has 5 rings (SSSR count). The van der Waals surface area contributed by atoms with Gasteiger partial charge in [-0.25, -0.2) is 14.6 Å². The van der Waals surface area contributed by atoms with Crippen LogP contribution < -0.4 is 4.90 Å². The molecule has 2 aliphatic rings. The van der Waals surface area contributed by atoms with Crippen molar-refractivity contribution in [2.45, 2.75) is 83.5 Å². The first-order chi connectivity index (χ1) is 17.7. The summed E-state index contributed by atoms with van der Waals surface area (Å²) in [6.07, 6.45) is 7.16. The average molecular weight is 546 g/mol. The summed E-state index contributed by atoms with van der Waals surface area (Å²) in [5.74, 6) is 0.156. The Morgan fingerprint density at radius 1 is 1.24 bits per heavy atom. The van der Waals surface area contributed by atoms with E-state index in [1.807, 2.05) is 29.9 Å². The van der Waals surface area contributed by atoms with Gasteiger partial charge in [-0.1, -0.05) is 29.3 Å². The van der Waals surface area contributed by atoms with Crippen LogP contribution >= 0.6 is 23.2 Å². The van der Waals surface area contributed by atoms with Crippen LogP contribution in [-0.4, -0.2) is 66.9 Å². The van der Waals surface area contributed by atoms with Gasteiger partial charge < -0.3 is 10.0 Å². The smallest absolute Gasteiger partial charge is 0.303 e. The minimum atomic E-state index is -0.703. The molecule has 2 saturated heterocycles. The highest BCUT2D eigenvalue weighted by Gasteiger charge is 2.36. The molecule has 4 heterocycles. The van der Waals surface area contributed by atoms with Crippen LogP contribution in [0.25, 0.3) is 11.2 Å². The van der Waals surface area contributed by atoms with E-state index < -0.39 is 5.97 Å². The summed E-state index contributed by atoms with van der Waals surface area (Å²) in [5, 5.41) is 15.1. The van der Waals surface area contributed by atoms with E-state index in [1.54, 1.807) is 6.07 Å². The third-order valence-electron chi connectivity index (χ3n) is 8.06. The second-order valence-corrected chi connectivity index (χ2v) is 11.3. The molecule has 3 unspecified atom stereocenters. The number of piperidine rings is 1. The van der Waals surface area contributed by atoms with E-state index >= 15 is 0 Å². The number of carbonyl (C=O) groups is 1. The molecule has 0 amide bonds. The number of halogens is 2. The fourth-order valence-electron chi connectivity index (χ4n) is 6.15. The van der Waals surface area contributed by atoms with E-state index in [9.17, 15) is 4.79 Å². The lowest BCUT2D eigenvalue weighted by molar-refractivity contribution is -0.137. The number of carboxylic acid groups (broad SMARTS) is 1. The van der Waals surface area contributed by atoms with Crippen LogP contribution in [0.15, 0.2) is 24.4 Å². The third-order valence-corrected chi connectivity index (χ3v) is 8.63. The average Bonchev–Trinajstić information content (AvgIpc) is 3.46. The van der Waals surface area contributed by atoms with Crippen molar-refractivity contribution in [1.82, 2.24) is 24.6 Å². The maximum atomic E-state index is 11.1. The van der Waals surface area contributed by atoms with E-state index in [0.717, 1.165) is 73.4 Å². The first-order valence-corrected chi connectivity index (χ1v) is 13.9. The second kappa shape index (κ2) is 10.8. The van der Waals surface area contributed by atoms with E-state index in [-0.39, 0.29) is 12.5 Å². The number of aliphatic carboxylic acids is 1. The molecule has 198 valence electrons. The summed E-state index contributed by atoms with van der Waals surface area (Å²) in [4.78, 5) is 25.9. The Morgan fingerprint density at radius 2 is 2.05 bits per heavy atom. The molecule has 0 spiro atoms. The number of likely N-dealkylation sites (tertiary alicyclic amines) is 1. The number of hydrogen-bond acceptors (Lipinski definition) is 6. The van der Waals surface area contributed by atoms with Gasteiger partial charge in [-0.05, 0) is 77.1 Å². The molecule has 3 aromatic rings. The van der Waals surface area contributed by atoms with Gasteiger partial charge in [-0.15, -0.1) is 0 Å². The van der Waals surface area contributed by atoms with Crippen molar-refractivity contribution >= 4 is 46.2 Å². The first-order valence-electron chi connectivity index (χ1n) is 13.1. The van der Waals surface area contributed by atoms with Gasteiger partial charge in [0.25, 0.3) is 0 Å². The maximum Gasteiger partial charge on any atom is 0.303 e. The highest BCUT2D eigenvalue weighted by molar-refractivity contribution is 6.35. The van der Waals surface area contributed by atoms with Gasteiger partial charge in [-0.2, -0.15) is 5.10 Å². The van der Waals surface area contributed by atoms with E-state index in [0.29, 0.717) is 28.2 Å². The molecule has 4 atom stereocenters. The zero-order valence-corrected chi connectivity index (χ0v) is 23.1. The standard InChI is InChI=1S/C27H34Cl2N6O2/c1-16-13-21(34-11-4-5-20(34)7-9-25(36)37)10-12-33(16)24-15-30-26-17(2)32-35(27(26)31-24)18(3)22-8-6-19(28)14-23(22)29/h6,8,14-16,18,20-21H,4-5,7,9-13H2,1-3H3,(H,36,37)/t16-,18?,20?,21?/m0/s1. The number of aryl methyl sites for hydroxylation is 1. The quantitative estimate of drug-likeness (QED) is 0.405. The molecule has 0 aliphatic carbocycles. The number of rotatable bonds is 7. The predicted molar refractivity (Wildman–Crippen MR) is 147 cm³/mol. The molecule has 1 N–H and O–H groups in total. The van der Waals surface area contributed by atoms with Crippen LogP contribution in [0.1, 0.15) is 69.7 Å². The first kappa shape index (κ1) is 26.2. The molecular weight excluding hydrogens is 511 g/mol. The summed E-state index contributed by atoms with van der Waals surface area (Å²) in [6, 6.07) is 6.55. The second-order valence-electron chi connectivity index (χ2n) is 10.5. The number of nitrogens with zero attached hydrogens (tertiary/aromatic N) is 6. The fraction of sp³-hybridized carbons (Fsp3) is 0.556. The Hall–Kier alpha value is -2.42. The lowest BCUT2D eigenvalue weighted by atomic mass is 9.95. The molecule has 2 aliphatic heterocycles. The van der Waals surface area contributed by atoms with Gasteiger partial charge >= 0.3 is 5.97 Å². The van der Waals surface area contributed by atoms with Gasteiger partial charge in [0.1, 0.15) is 11.3 Å². The number of fused-ring (bicyclic) bond motifs is 1. The zero-order valence-electron chi connectivity index (χ0n) is 21.6. The van der Waals surface area contributed by atoms with Crippen molar-refractivity contribution in [3.8, 4) is 0 Å². The Labute approximate surface area is 227 Å². The van der Waals surface area contributed by atoms with Crippen molar-refractivity contribution in [2.24, 2.45) is 0 Å².